The lowest BCUT2D eigenvalue weighted by Gasteiger charge is -1.98. The van der Waals surface area contributed by atoms with Crippen LogP contribution >= 0.6 is 19.8 Å². The molecule has 0 unspecified atom stereocenters. The fourth-order valence-electron chi connectivity index (χ4n) is 0.738. The summed E-state index contributed by atoms with van der Waals surface area (Å²) in [6, 6.07) is 6.60. The van der Waals surface area contributed by atoms with Gasteiger partial charge in [-0.15, -0.1) is 0 Å². The van der Waals surface area contributed by atoms with Gasteiger partial charge in [0.2, 0.25) is 0 Å². The van der Waals surface area contributed by atoms with Crippen LogP contribution in [0.15, 0.2) is 24.3 Å². The van der Waals surface area contributed by atoms with Gasteiger partial charge in [0.1, 0.15) is 9.32 Å². The summed E-state index contributed by atoms with van der Waals surface area (Å²) in [6.07, 6.45) is 0. The summed E-state index contributed by atoms with van der Waals surface area (Å²) < 4.78 is 26.4. The van der Waals surface area contributed by atoms with Crippen molar-refractivity contribution in [1.29, 1.82) is 0 Å². The van der Waals surface area contributed by atoms with E-state index in [1.54, 1.807) is 24.3 Å². The van der Waals surface area contributed by atoms with E-state index < -0.39 is 19.8 Å². The third kappa shape index (κ3) is 1.89. The SMILES string of the molecule is COc1ccccc1I(=O)=O. The Labute approximate surface area is 71.5 Å². The third-order valence-corrected chi connectivity index (χ3v) is 3.06. The monoisotopic (exact) mass is 266 g/mol. The summed E-state index contributed by atoms with van der Waals surface area (Å²) in [4.78, 5) is 0. The number of methoxy groups -OCH3 is 1. The van der Waals surface area contributed by atoms with Crippen molar-refractivity contribution in [3.8, 4) is 5.75 Å². The molecule has 0 aliphatic heterocycles. The van der Waals surface area contributed by atoms with Crippen LogP contribution in [0.25, 0.3) is 0 Å². The van der Waals surface area contributed by atoms with Crippen LogP contribution in [0.3, 0.4) is 0 Å². The zero-order valence-electron chi connectivity index (χ0n) is 5.91. The van der Waals surface area contributed by atoms with Gasteiger partial charge in [0.25, 0.3) is 0 Å². The number of benzene rings is 1. The molecule has 1 aromatic carbocycles. The van der Waals surface area contributed by atoms with Gasteiger partial charge in [-0.1, -0.05) is 12.1 Å². The van der Waals surface area contributed by atoms with Crippen LogP contribution in [-0.4, -0.2) is 7.11 Å². The average Bonchev–Trinajstić information content (AvgIpc) is 2.04. The van der Waals surface area contributed by atoms with Crippen LogP contribution in [0.4, 0.5) is 0 Å². The molecule has 60 valence electrons. The third-order valence-electron chi connectivity index (χ3n) is 1.22. The Kier molecular flexibility index (Phi) is 2.81. The van der Waals surface area contributed by atoms with E-state index >= 15 is 0 Å². The molecule has 1 rings (SSSR count). The minimum atomic E-state index is -3.37. The second kappa shape index (κ2) is 3.66. The molecule has 0 N–H and O–H groups in total. The molecule has 0 radical (unpaired) electrons. The predicted octanol–water partition coefficient (Wildman–Crippen LogP) is 2.06. The standard InChI is InChI=1S/C7H7IO3/c1-11-7-5-3-2-4-6(7)8(9)10/h2-5H,1H3. The molecule has 0 aromatic heterocycles. The summed E-state index contributed by atoms with van der Waals surface area (Å²) in [5, 5.41) is 0. The molecule has 0 heterocycles. The van der Waals surface area contributed by atoms with Gasteiger partial charge in [0.15, 0.2) is 0 Å². The van der Waals surface area contributed by atoms with Gasteiger partial charge in [-0.05, 0) is 12.1 Å². The fraction of sp³-hybridized carbons (Fsp3) is 0.143. The summed E-state index contributed by atoms with van der Waals surface area (Å²) in [5.74, 6) is 0.433. The van der Waals surface area contributed by atoms with Gasteiger partial charge < -0.3 is 4.74 Å². The fourth-order valence-corrected chi connectivity index (χ4v) is 2.07. The van der Waals surface area contributed by atoms with Crippen LogP contribution in [0.1, 0.15) is 0 Å². The van der Waals surface area contributed by atoms with E-state index in [9.17, 15) is 6.14 Å². The second-order valence-corrected chi connectivity index (χ2v) is 4.25. The Morgan fingerprint density at radius 1 is 1.27 bits per heavy atom. The lowest BCUT2D eigenvalue weighted by molar-refractivity contribution is 0.411. The van der Waals surface area contributed by atoms with Gasteiger partial charge in [0, 0.05) is 0 Å². The Bertz CT molecular complexity index is 309. The molecular formula is C7H7IO3. The van der Waals surface area contributed by atoms with Crippen LogP contribution in [0.5, 0.6) is 5.75 Å². The summed E-state index contributed by atoms with van der Waals surface area (Å²) in [6.45, 7) is 0. The van der Waals surface area contributed by atoms with Crippen molar-refractivity contribution in [1.82, 2.24) is 0 Å². The van der Waals surface area contributed by atoms with E-state index in [4.69, 9.17) is 4.74 Å². The molecule has 11 heavy (non-hydrogen) atoms. The molecule has 0 amide bonds. The highest BCUT2D eigenvalue weighted by Crippen LogP contribution is 2.26. The Morgan fingerprint density at radius 3 is 2.36 bits per heavy atom. The van der Waals surface area contributed by atoms with Crippen molar-refractivity contribution in [2.24, 2.45) is 0 Å². The van der Waals surface area contributed by atoms with Gasteiger partial charge in [-0.2, -0.15) is 0 Å². The minimum absolute atomic E-state index is 0.319. The molecule has 0 aliphatic rings. The molecule has 0 spiro atoms. The number of rotatable bonds is 2. The first-order chi connectivity index (χ1) is 5.25. The van der Waals surface area contributed by atoms with E-state index in [2.05, 4.69) is 0 Å². The smallest absolute Gasteiger partial charge is 0.344 e. The topological polar surface area (TPSA) is 43.4 Å². The van der Waals surface area contributed by atoms with Crippen molar-refractivity contribution in [3.63, 3.8) is 0 Å². The van der Waals surface area contributed by atoms with Crippen LogP contribution in [-0.2, 0) is 6.14 Å². The zero-order chi connectivity index (χ0) is 8.27. The van der Waals surface area contributed by atoms with Gasteiger partial charge >= 0.3 is 19.8 Å². The van der Waals surface area contributed by atoms with Crippen molar-refractivity contribution in [2.75, 3.05) is 7.11 Å². The first-order valence-electron chi connectivity index (χ1n) is 2.94. The molecule has 0 saturated heterocycles. The Balaban J connectivity index is 3.23. The molecule has 0 atom stereocenters. The normalized spacial score (nSPS) is 10.0. The van der Waals surface area contributed by atoms with Crippen molar-refractivity contribution in [2.45, 2.75) is 0 Å². The van der Waals surface area contributed by atoms with E-state index in [1.807, 2.05) is 0 Å². The highest BCUT2D eigenvalue weighted by Gasteiger charge is 2.04. The average molecular weight is 266 g/mol. The van der Waals surface area contributed by atoms with E-state index in [0.717, 1.165) is 0 Å². The number of ether oxygens (including phenoxy) is 1. The van der Waals surface area contributed by atoms with E-state index in [1.165, 1.54) is 7.11 Å². The quantitative estimate of drug-likeness (QED) is 0.769. The molecule has 0 saturated carbocycles. The molecule has 0 bridgehead atoms. The molecule has 0 fully saturated rings. The zero-order valence-corrected chi connectivity index (χ0v) is 8.07. The van der Waals surface area contributed by atoms with Gasteiger partial charge in [-0.25, -0.2) is 6.14 Å². The first-order valence-corrected chi connectivity index (χ1v) is 5.78. The van der Waals surface area contributed by atoms with Crippen LogP contribution in [0, 0.1) is 3.57 Å². The molecule has 4 heteroatoms. The molecule has 3 nitrogen and oxygen atoms in total. The maximum atomic E-state index is 10.6. The lowest BCUT2D eigenvalue weighted by atomic mass is 10.3. The number of para-hydroxylation sites is 1. The van der Waals surface area contributed by atoms with E-state index in [0.29, 0.717) is 9.32 Å². The Morgan fingerprint density at radius 2 is 1.91 bits per heavy atom. The minimum Gasteiger partial charge on any atom is -0.495 e. The molecule has 1 aromatic rings. The highest BCUT2D eigenvalue weighted by molar-refractivity contribution is 14.2. The van der Waals surface area contributed by atoms with Gasteiger partial charge in [0.05, 0.1) is 7.11 Å². The first kappa shape index (κ1) is 8.45. The highest BCUT2D eigenvalue weighted by atomic mass is 127. The predicted molar refractivity (Wildman–Crippen MR) is 47.1 cm³/mol. The second-order valence-electron chi connectivity index (χ2n) is 1.85. The van der Waals surface area contributed by atoms with Crippen LogP contribution < -0.4 is 4.74 Å². The summed E-state index contributed by atoms with van der Waals surface area (Å²) in [7, 11) is 1.46. The molecular weight excluding hydrogens is 259 g/mol. The molecule has 0 aliphatic carbocycles. The van der Waals surface area contributed by atoms with Crippen LogP contribution in [0.2, 0.25) is 0 Å². The van der Waals surface area contributed by atoms with Crippen molar-refractivity contribution < 1.29 is 10.9 Å². The number of halogens is 1. The maximum Gasteiger partial charge on any atom is 0.344 e. The van der Waals surface area contributed by atoms with E-state index in [-0.39, 0.29) is 0 Å². The Hall–Kier alpha value is -0.650. The number of hydrogen-bond acceptors (Lipinski definition) is 3. The van der Waals surface area contributed by atoms with Crippen molar-refractivity contribution >= 4 is 19.8 Å². The lowest BCUT2D eigenvalue weighted by Crippen LogP contribution is -1.85. The number of hydrogen-bond donors (Lipinski definition) is 0. The summed E-state index contributed by atoms with van der Waals surface area (Å²) >= 11 is -3.37. The summed E-state index contributed by atoms with van der Waals surface area (Å²) in [5.41, 5.74) is 0. The maximum absolute atomic E-state index is 10.6. The van der Waals surface area contributed by atoms with Crippen molar-refractivity contribution in [3.05, 3.63) is 27.8 Å². The van der Waals surface area contributed by atoms with Gasteiger partial charge in [-0.3, -0.25) is 0 Å². The largest absolute Gasteiger partial charge is 0.495 e.